The van der Waals surface area contributed by atoms with Crippen LogP contribution in [0.5, 0.6) is 34.5 Å². The largest absolute Gasteiger partial charge is 0.493 e. The summed E-state index contributed by atoms with van der Waals surface area (Å²) in [6.45, 7) is 14.2. The molecule has 16 nitrogen and oxygen atoms in total. The fourth-order valence-electron chi connectivity index (χ4n) is 8.94. The second-order valence-corrected chi connectivity index (χ2v) is 18.8. The zero-order chi connectivity index (χ0) is 51.2. The number of carbonyl (C=O) groups is 1. The van der Waals surface area contributed by atoms with Crippen LogP contribution in [0, 0.1) is 21.4 Å². The predicted molar refractivity (Wildman–Crippen MR) is 278 cm³/mol. The highest BCUT2D eigenvalue weighted by Crippen LogP contribution is 2.50. The number of rotatable bonds is 31. The van der Waals surface area contributed by atoms with Crippen molar-refractivity contribution in [1.29, 1.82) is 0 Å². The van der Waals surface area contributed by atoms with Crippen molar-refractivity contribution in [2.45, 2.75) is 111 Å². The molecular formula is C55H76N4O12. The maximum Gasteiger partial charge on any atom is 0.280 e. The van der Waals surface area contributed by atoms with Gasteiger partial charge in [0, 0.05) is 24.3 Å². The van der Waals surface area contributed by atoms with E-state index in [0.29, 0.717) is 86.5 Å². The highest BCUT2D eigenvalue weighted by molar-refractivity contribution is 6.31. The summed E-state index contributed by atoms with van der Waals surface area (Å²) in [4.78, 5) is 29.3. The lowest BCUT2D eigenvalue weighted by atomic mass is 9.64. The minimum Gasteiger partial charge on any atom is -0.493 e. The van der Waals surface area contributed by atoms with Gasteiger partial charge >= 0.3 is 0 Å². The summed E-state index contributed by atoms with van der Waals surface area (Å²) < 4.78 is 53.3. The van der Waals surface area contributed by atoms with E-state index >= 15 is 0 Å². The Morgan fingerprint density at radius 3 is 2.17 bits per heavy atom. The van der Waals surface area contributed by atoms with Crippen LogP contribution in [0.4, 0.5) is 5.69 Å². The molecule has 2 N–H and O–H groups in total. The molecule has 0 amide bonds. The first-order valence-corrected chi connectivity index (χ1v) is 24.9. The number of hydrogen-bond acceptors (Lipinski definition) is 15. The molecule has 0 aromatic heterocycles. The number of aliphatic imine (C=N–C) groups is 1. The van der Waals surface area contributed by atoms with Crippen LogP contribution in [0.3, 0.4) is 0 Å². The summed E-state index contributed by atoms with van der Waals surface area (Å²) in [6, 6.07) is 10.3. The molecule has 3 aromatic carbocycles. The number of ether oxygens (including phenoxy) is 9. The Balaban J connectivity index is 1.39. The zero-order valence-corrected chi connectivity index (χ0v) is 43.1. The molecule has 0 saturated heterocycles. The molecule has 388 valence electrons. The summed E-state index contributed by atoms with van der Waals surface area (Å²) in [7, 11) is 4.43. The maximum absolute atomic E-state index is 13.0. The quantitative estimate of drug-likeness (QED) is 0.00936. The molecule has 1 aliphatic carbocycles. The number of unbranched alkanes of at least 4 members (excludes halogenated alkanes) is 4. The number of allylic oxidation sites excluding steroid dienone is 2. The van der Waals surface area contributed by atoms with Gasteiger partial charge in [0.15, 0.2) is 35.4 Å². The fraction of sp³-hybridized carbons (Fsp3) is 0.545. The van der Waals surface area contributed by atoms with Crippen LogP contribution in [0.25, 0.3) is 12.2 Å². The van der Waals surface area contributed by atoms with E-state index in [0.717, 1.165) is 61.2 Å². The SMILES string of the molecule is CCCCCCCOCCOCCOCCN=C/C(COc1cc(/C=C/c2cc3c(c(OC)c2)OC2CCCC(C)(C)C2C3)cc(OC(C=O)c2cc(OC)c(OC)cc2[N+](=O)[O-])c1CC=C(C)C)=N\N. The Bertz CT molecular complexity index is 2320. The number of nitro benzene ring substituents is 1. The normalized spacial score (nSPS) is 16.7. The highest BCUT2D eigenvalue weighted by atomic mass is 16.6. The van der Waals surface area contributed by atoms with Gasteiger partial charge in [-0.2, -0.15) is 5.10 Å². The van der Waals surface area contributed by atoms with Crippen LogP contribution in [0.2, 0.25) is 0 Å². The van der Waals surface area contributed by atoms with Crippen LogP contribution in [0.15, 0.2) is 58.1 Å². The summed E-state index contributed by atoms with van der Waals surface area (Å²) >= 11 is 0. The van der Waals surface area contributed by atoms with Crippen molar-refractivity contribution in [3.8, 4) is 34.5 Å². The molecule has 1 aliphatic heterocycles. The molecule has 2 aliphatic rings. The monoisotopic (exact) mass is 985 g/mol. The number of nitrogens with zero attached hydrogens (tertiary/aromatic N) is 3. The maximum atomic E-state index is 13.0. The van der Waals surface area contributed by atoms with Gasteiger partial charge in [0.2, 0.25) is 0 Å². The molecule has 3 unspecified atom stereocenters. The number of hydrogen-bond donors (Lipinski definition) is 1. The number of methoxy groups -OCH3 is 3. The predicted octanol–water partition coefficient (Wildman–Crippen LogP) is 10.5. The van der Waals surface area contributed by atoms with Gasteiger partial charge in [-0.25, -0.2) is 0 Å². The van der Waals surface area contributed by atoms with Gasteiger partial charge in [-0.15, -0.1) is 0 Å². The lowest BCUT2D eigenvalue weighted by Gasteiger charge is -2.47. The first-order chi connectivity index (χ1) is 34.3. The van der Waals surface area contributed by atoms with Gasteiger partial charge in [0.05, 0.1) is 77.5 Å². The van der Waals surface area contributed by atoms with E-state index in [1.807, 2.05) is 44.2 Å². The van der Waals surface area contributed by atoms with Crippen LogP contribution in [-0.4, -0.2) is 103 Å². The first kappa shape index (κ1) is 56.0. The third kappa shape index (κ3) is 16.5. The van der Waals surface area contributed by atoms with Crippen molar-refractivity contribution in [2.75, 3.05) is 74.1 Å². The highest BCUT2D eigenvalue weighted by Gasteiger charge is 2.44. The van der Waals surface area contributed by atoms with Crippen molar-refractivity contribution in [2.24, 2.45) is 27.3 Å². The van der Waals surface area contributed by atoms with Crippen molar-refractivity contribution < 1.29 is 52.3 Å². The number of hydrazone groups is 1. The minimum absolute atomic E-state index is 0.0235. The molecule has 71 heavy (non-hydrogen) atoms. The van der Waals surface area contributed by atoms with Crippen LogP contribution in [0.1, 0.15) is 120 Å². The van der Waals surface area contributed by atoms with Gasteiger partial charge in [0.25, 0.3) is 5.69 Å². The van der Waals surface area contributed by atoms with E-state index in [1.165, 1.54) is 52.0 Å². The first-order valence-electron chi connectivity index (χ1n) is 24.9. The molecule has 1 fully saturated rings. The number of aldehydes is 1. The van der Waals surface area contributed by atoms with Gasteiger partial charge < -0.3 is 48.5 Å². The van der Waals surface area contributed by atoms with E-state index in [9.17, 15) is 14.9 Å². The summed E-state index contributed by atoms with van der Waals surface area (Å²) in [6.07, 6.45) is 17.2. The Kier molecular flexibility index (Phi) is 22.7. The van der Waals surface area contributed by atoms with Crippen LogP contribution in [-0.2, 0) is 31.8 Å². The van der Waals surface area contributed by atoms with Gasteiger partial charge in [-0.3, -0.25) is 19.9 Å². The van der Waals surface area contributed by atoms with Gasteiger partial charge in [0.1, 0.15) is 29.9 Å². The van der Waals surface area contributed by atoms with E-state index in [1.54, 1.807) is 19.4 Å². The third-order valence-electron chi connectivity index (χ3n) is 12.9. The minimum atomic E-state index is -1.43. The molecule has 0 bridgehead atoms. The number of carbonyl (C=O) groups excluding carboxylic acids is 1. The van der Waals surface area contributed by atoms with Crippen molar-refractivity contribution in [3.63, 3.8) is 0 Å². The molecule has 1 heterocycles. The number of nitrogens with two attached hydrogens (primary N) is 1. The van der Waals surface area contributed by atoms with E-state index in [4.69, 9.17) is 48.5 Å². The van der Waals surface area contributed by atoms with E-state index in [2.05, 4.69) is 36.9 Å². The molecule has 3 aromatic rings. The van der Waals surface area contributed by atoms with Crippen LogP contribution < -0.4 is 34.3 Å². The Hall–Kier alpha value is -5.97. The molecule has 3 atom stereocenters. The third-order valence-corrected chi connectivity index (χ3v) is 12.9. The molecule has 0 spiro atoms. The molecule has 1 saturated carbocycles. The average Bonchev–Trinajstić information content (AvgIpc) is 3.36. The van der Waals surface area contributed by atoms with Crippen LogP contribution >= 0.6 is 0 Å². The summed E-state index contributed by atoms with van der Waals surface area (Å²) in [5.74, 6) is 8.67. The van der Waals surface area contributed by atoms with E-state index in [-0.39, 0.29) is 46.6 Å². The van der Waals surface area contributed by atoms with Crippen molar-refractivity contribution in [3.05, 3.63) is 86.0 Å². The topological polar surface area (TPSA) is 194 Å². The lowest BCUT2D eigenvalue weighted by molar-refractivity contribution is -0.386. The summed E-state index contributed by atoms with van der Waals surface area (Å²) in [5, 5.41) is 16.4. The Labute approximate surface area is 420 Å². The Morgan fingerprint density at radius 1 is 0.859 bits per heavy atom. The molecule has 5 rings (SSSR count). The number of fused-ring (bicyclic) bond motifs is 2. The zero-order valence-electron chi connectivity index (χ0n) is 43.1. The molecular weight excluding hydrogens is 909 g/mol. The fourth-order valence-corrected chi connectivity index (χ4v) is 8.94. The smallest absolute Gasteiger partial charge is 0.280 e. The van der Waals surface area contributed by atoms with E-state index < -0.39 is 11.0 Å². The molecule has 16 heteroatoms. The molecule has 0 radical (unpaired) electrons. The summed E-state index contributed by atoms with van der Waals surface area (Å²) in [5.41, 5.74) is 4.32. The number of nitro groups is 1. The van der Waals surface area contributed by atoms with Gasteiger partial charge in [-0.05, 0) is 105 Å². The Morgan fingerprint density at radius 2 is 1.51 bits per heavy atom. The second-order valence-electron chi connectivity index (χ2n) is 18.8. The lowest BCUT2D eigenvalue weighted by Crippen LogP contribution is -2.45. The number of benzene rings is 3. The van der Waals surface area contributed by atoms with Crippen molar-refractivity contribution >= 4 is 36.1 Å². The second kappa shape index (κ2) is 28.8. The average molecular weight is 985 g/mol. The standard InChI is InChI=1S/C55H76N4O12/c1-9-10-11-12-13-22-66-24-26-68-27-25-67-23-21-57-35-42(58-56)37-69-48-29-40(18-17-39-28-41-32-45-47(15-14-20-55(45,4)5)71-54(41)52(31-39)65-8)30-49(43(48)19-16-38(2)3)70-53(36-60)44-33-50(63-6)51(64-7)34-46(44)59(61)62/h16-18,28-31,33-36,45,47,53H,9-15,19-27,32,37,56H2,1-8H3/b18-17+,57-35?,58-42+. The van der Waals surface area contributed by atoms with Gasteiger partial charge in [-0.1, -0.05) is 70.3 Å². The van der Waals surface area contributed by atoms with Crippen molar-refractivity contribution in [1.82, 2.24) is 0 Å².